The van der Waals surface area contributed by atoms with Crippen LogP contribution >= 0.6 is 11.3 Å². The fraction of sp³-hybridized carbons (Fsp3) is 0.387. The molecule has 1 aliphatic carbocycles. The zero-order valence-corrected chi connectivity index (χ0v) is 23.5. The molecule has 3 aromatic rings. The summed E-state index contributed by atoms with van der Waals surface area (Å²) in [5.74, 6) is -2.35. The van der Waals surface area contributed by atoms with Gasteiger partial charge in [0.25, 0.3) is 0 Å². The van der Waals surface area contributed by atoms with Gasteiger partial charge in [-0.3, -0.25) is 19.3 Å². The smallest absolute Gasteiger partial charge is 0.327 e. The first-order valence-electron chi connectivity index (χ1n) is 13.6. The van der Waals surface area contributed by atoms with E-state index < -0.39 is 17.9 Å². The van der Waals surface area contributed by atoms with Crippen molar-refractivity contribution in [3.8, 4) is 0 Å². The van der Waals surface area contributed by atoms with Gasteiger partial charge in [-0.15, -0.1) is 11.3 Å². The Labute approximate surface area is 234 Å². The summed E-state index contributed by atoms with van der Waals surface area (Å²) in [5, 5.41) is 4.88. The average molecular weight is 548 g/mol. The molecule has 4 rings (SSSR count). The maximum atomic E-state index is 13.3. The molecule has 1 aliphatic rings. The van der Waals surface area contributed by atoms with E-state index in [0.717, 1.165) is 56.3 Å². The van der Waals surface area contributed by atoms with Crippen molar-refractivity contribution in [2.75, 3.05) is 25.0 Å². The highest BCUT2D eigenvalue weighted by Gasteiger charge is 2.32. The van der Waals surface area contributed by atoms with Crippen molar-refractivity contribution in [2.45, 2.75) is 57.9 Å². The third kappa shape index (κ3) is 7.41. The van der Waals surface area contributed by atoms with E-state index in [1.807, 2.05) is 23.5 Å². The molecule has 2 atom stereocenters. The molecule has 3 N–H and O–H groups in total. The van der Waals surface area contributed by atoms with Gasteiger partial charge in [-0.05, 0) is 84.5 Å². The molecule has 0 spiro atoms. The number of carbonyl (C=O) groups excluding carboxylic acids is 3. The molecule has 0 aliphatic heterocycles. The maximum absolute atomic E-state index is 13.3. The van der Waals surface area contributed by atoms with Crippen LogP contribution in [-0.4, -0.2) is 48.4 Å². The predicted octanol–water partition coefficient (Wildman–Crippen LogP) is 4.68. The second-order valence-corrected chi connectivity index (χ2v) is 11.0. The molecule has 2 aromatic carbocycles. The van der Waals surface area contributed by atoms with Crippen LogP contribution in [0.2, 0.25) is 0 Å². The van der Waals surface area contributed by atoms with Crippen molar-refractivity contribution >= 4 is 34.9 Å². The SMILES string of the molecule is CCCN(CCc1cccs1)[C@H]1CCc2c(cccc2C(C(=O)OC(=O)CN)c2ccc(NC(C)=O)cc2)C1. The van der Waals surface area contributed by atoms with Gasteiger partial charge < -0.3 is 15.8 Å². The highest BCUT2D eigenvalue weighted by molar-refractivity contribution is 7.09. The lowest BCUT2D eigenvalue weighted by molar-refractivity contribution is -0.159. The van der Waals surface area contributed by atoms with Crippen LogP contribution < -0.4 is 11.1 Å². The molecule has 8 heteroatoms. The van der Waals surface area contributed by atoms with Crippen molar-refractivity contribution in [3.05, 3.63) is 87.1 Å². The van der Waals surface area contributed by atoms with Crippen LogP contribution in [0.25, 0.3) is 0 Å². The fourth-order valence-electron chi connectivity index (χ4n) is 5.49. The van der Waals surface area contributed by atoms with Crippen molar-refractivity contribution in [3.63, 3.8) is 0 Å². The van der Waals surface area contributed by atoms with Crippen LogP contribution in [0, 0.1) is 0 Å². The third-order valence-electron chi connectivity index (χ3n) is 7.24. The number of rotatable bonds is 11. The molecule has 1 aromatic heterocycles. The van der Waals surface area contributed by atoms with Crippen molar-refractivity contribution < 1.29 is 19.1 Å². The van der Waals surface area contributed by atoms with Gasteiger partial charge in [-0.1, -0.05) is 43.3 Å². The number of nitrogens with zero attached hydrogens (tertiary/aromatic N) is 1. The second-order valence-electron chi connectivity index (χ2n) is 9.98. The molecule has 1 unspecified atom stereocenters. The first-order chi connectivity index (χ1) is 18.9. The molecule has 0 bridgehead atoms. The van der Waals surface area contributed by atoms with Crippen LogP contribution in [0.3, 0.4) is 0 Å². The van der Waals surface area contributed by atoms with Crippen LogP contribution in [0.4, 0.5) is 5.69 Å². The number of nitrogens with two attached hydrogens (primary N) is 1. The fourth-order valence-corrected chi connectivity index (χ4v) is 6.19. The van der Waals surface area contributed by atoms with Crippen LogP contribution in [0.1, 0.15) is 59.7 Å². The second kappa shape index (κ2) is 13.6. The standard InChI is InChI=1S/C31H37N3O4S/c1-3-16-34(17-15-26-7-5-18-39-26)25-13-14-27-23(19-25)6-4-8-28(27)30(31(37)38-29(36)20-32)22-9-11-24(12-10-22)33-21(2)35/h4-12,18,25,30H,3,13-17,19-20,32H2,1-2H3,(H,33,35)/t25-,30?/m0/s1. The first-order valence-corrected chi connectivity index (χ1v) is 14.5. The number of anilines is 1. The van der Waals surface area contributed by atoms with E-state index in [2.05, 4.69) is 40.7 Å². The lowest BCUT2D eigenvalue weighted by Gasteiger charge is -2.36. The van der Waals surface area contributed by atoms with Crippen molar-refractivity contribution in [2.24, 2.45) is 5.73 Å². The molecular formula is C31H37N3O4S. The Balaban J connectivity index is 1.61. The molecule has 39 heavy (non-hydrogen) atoms. The van der Waals surface area contributed by atoms with Gasteiger partial charge in [0.1, 0.15) is 5.92 Å². The number of benzene rings is 2. The summed E-state index contributed by atoms with van der Waals surface area (Å²) in [5.41, 5.74) is 9.99. The number of hydrogen-bond donors (Lipinski definition) is 2. The number of ether oxygens (including phenoxy) is 1. The lowest BCUT2D eigenvalue weighted by Crippen LogP contribution is -2.41. The molecule has 1 amide bonds. The zero-order valence-electron chi connectivity index (χ0n) is 22.7. The highest BCUT2D eigenvalue weighted by atomic mass is 32.1. The van der Waals surface area contributed by atoms with E-state index in [9.17, 15) is 14.4 Å². The number of amides is 1. The van der Waals surface area contributed by atoms with E-state index in [4.69, 9.17) is 10.5 Å². The monoisotopic (exact) mass is 547 g/mol. The van der Waals surface area contributed by atoms with Gasteiger partial charge in [0, 0.05) is 30.1 Å². The molecule has 1 heterocycles. The number of fused-ring (bicyclic) bond motifs is 1. The molecule has 0 saturated heterocycles. The lowest BCUT2D eigenvalue weighted by atomic mass is 9.79. The van der Waals surface area contributed by atoms with Crippen LogP contribution in [0.5, 0.6) is 0 Å². The molecule has 206 valence electrons. The molecule has 0 fully saturated rings. The predicted molar refractivity (Wildman–Crippen MR) is 155 cm³/mol. The van der Waals surface area contributed by atoms with Gasteiger partial charge in [-0.2, -0.15) is 0 Å². The largest absolute Gasteiger partial charge is 0.391 e. The minimum Gasteiger partial charge on any atom is -0.391 e. The summed E-state index contributed by atoms with van der Waals surface area (Å²) >= 11 is 1.81. The third-order valence-corrected chi connectivity index (χ3v) is 8.17. The summed E-state index contributed by atoms with van der Waals surface area (Å²) in [6, 6.07) is 17.9. The van der Waals surface area contributed by atoms with E-state index in [1.54, 1.807) is 24.3 Å². The Morgan fingerprint density at radius 3 is 2.56 bits per heavy atom. The number of thiophene rings is 1. The molecule has 7 nitrogen and oxygen atoms in total. The summed E-state index contributed by atoms with van der Waals surface area (Å²) in [6.07, 6.45) is 4.91. The summed E-state index contributed by atoms with van der Waals surface area (Å²) in [6.45, 7) is 5.39. The number of hydrogen-bond acceptors (Lipinski definition) is 7. The van der Waals surface area contributed by atoms with E-state index in [0.29, 0.717) is 17.3 Å². The van der Waals surface area contributed by atoms with E-state index in [-0.39, 0.29) is 12.5 Å². The summed E-state index contributed by atoms with van der Waals surface area (Å²) in [7, 11) is 0. The Hall–Kier alpha value is -3.33. The minimum absolute atomic E-state index is 0.175. The summed E-state index contributed by atoms with van der Waals surface area (Å²) < 4.78 is 5.14. The first kappa shape index (κ1) is 28.7. The molecular weight excluding hydrogens is 510 g/mol. The maximum Gasteiger partial charge on any atom is 0.327 e. The zero-order chi connectivity index (χ0) is 27.8. The molecule has 0 radical (unpaired) electrons. The van der Waals surface area contributed by atoms with Crippen molar-refractivity contribution in [1.82, 2.24) is 4.90 Å². The van der Waals surface area contributed by atoms with E-state index >= 15 is 0 Å². The van der Waals surface area contributed by atoms with E-state index in [1.165, 1.54) is 17.4 Å². The Morgan fingerprint density at radius 1 is 1.10 bits per heavy atom. The summed E-state index contributed by atoms with van der Waals surface area (Å²) in [4.78, 5) is 40.8. The quantitative estimate of drug-likeness (QED) is 0.267. The van der Waals surface area contributed by atoms with Crippen molar-refractivity contribution in [1.29, 1.82) is 0 Å². The van der Waals surface area contributed by atoms with Gasteiger partial charge in [0.2, 0.25) is 5.91 Å². The van der Waals surface area contributed by atoms with Gasteiger partial charge in [-0.25, -0.2) is 0 Å². The highest BCUT2D eigenvalue weighted by Crippen LogP contribution is 2.35. The Morgan fingerprint density at radius 2 is 1.90 bits per heavy atom. The number of esters is 2. The van der Waals surface area contributed by atoms with Gasteiger partial charge in [0.15, 0.2) is 0 Å². The Bertz CT molecular complexity index is 1270. The average Bonchev–Trinajstić information content (AvgIpc) is 3.45. The molecule has 0 saturated carbocycles. The topological polar surface area (TPSA) is 102 Å². The van der Waals surface area contributed by atoms with Gasteiger partial charge in [0.05, 0.1) is 6.54 Å². The number of carbonyl (C=O) groups is 3. The normalized spacial score (nSPS) is 15.4. The number of nitrogens with one attached hydrogen (secondary N) is 1. The van der Waals surface area contributed by atoms with Crippen LogP contribution in [-0.2, 0) is 38.4 Å². The Kier molecular flexibility index (Phi) is 10.0. The minimum atomic E-state index is -0.774. The van der Waals surface area contributed by atoms with Crippen LogP contribution in [0.15, 0.2) is 60.0 Å². The van der Waals surface area contributed by atoms with Gasteiger partial charge >= 0.3 is 11.9 Å².